The van der Waals surface area contributed by atoms with Crippen LogP contribution in [-0.4, -0.2) is 30.6 Å². The molecule has 0 unspecified atom stereocenters. The van der Waals surface area contributed by atoms with Crippen LogP contribution in [-0.2, 0) is 13.3 Å². The van der Waals surface area contributed by atoms with Crippen molar-refractivity contribution in [1.82, 2.24) is 0 Å². The van der Waals surface area contributed by atoms with E-state index in [9.17, 15) is 0 Å². The predicted octanol–water partition coefficient (Wildman–Crippen LogP) is 1.85. The van der Waals surface area contributed by atoms with Gasteiger partial charge in [0.2, 0.25) is 0 Å². The molecule has 3 nitrogen and oxygen atoms in total. The summed E-state index contributed by atoms with van der Waals surface area (Å²) in [4.78, 5) is 0. The van der Waals surface area contributed by atoms with E-state index in [1.165, 1.54) is 6.04 Å². The Hall–Kier alpha value is 0.284. The standard InChI is InChI=1S/C6H15ClOSi.O2Si/c1-8-9(2,3)6-4-5-7;1-3-2/h4-6H2,1-3H3;. The van der Waals surface area contributed by atoms with Gasteiger partial charge in [-0.15, -0.1) is 11.6 Å². The molecule has 0 aliphatic rings. The third-order valence-electron chi connectivity index (χ3n) is 1.47. The lowest BCUT2D eigenvalue weighted by Gasteiger charge is -2.18. The van der Waals surface area contributed by atoms with Gasteiger partial charge in [0.25, 0.3) is 0 Å². The second kappa shape index (κ2) is 9.37. The quantitative estimate of drug-likeness (QED) is 0.543. The van der Waals surface area contributed by atoms with Crippen molar-refractivity contribution in [2.75, 3.05) is 13.0 Å². The van der Waals surface area contributed by atoms with E-state index in [-0.39, 0.29) is 0 Å². The number of hydrogen-bond donors (Lipinski definition) is 0. The summed E-state index contributed by atoms with van der Waals surface area (Å²) >= 11 is 5.53. The molecule has 0 aromatic carbocycles. The molecule has 6 heteroatoms. The molecule has 0 rings (SSSR count). The number of alkyl halides is 1. The third-order valence-corrected chi connectivity index (χ3v) is 4.40. The minimum absolute atomic E-state index is 0.764. The Labute approximate surface area is 81.5 Å². The molecule has 0 radical (unpaired) electrons. The molecule has 0 spiro atoms. The molecule has 0 fully saturated rings. The fourth-order valence-electron chi connectivity index (χ4n) is 0.595. The summed E-state index contributed by atoms with van der Waals surface area (Å²) in [5, 5.41) is 0. The fourth-order valence-corrected chi connectivity index (χ4v) is 2.18. The van der Waals surface area contributed by atoms with E-state index in [4.69, 9.17) is 25.0 Å². The summed E-state index contributed by atoms with van der Waals surface area (Å²) in [5.41, 5.74) is 0. The Kier molecular flexibility index (Phi) is 11.6. The van der Waals surface area contributed by atoms with Gasteiger partial charge in [-0.25, -0.2) is 0 Å². The van der Waals surface area contributed by atoms with Gasteiger partial charge >= 0.3 is 9.29 Å². The zero-order chi connectivity index (χ0) is 10.0. The van der Waals surface area contributed by atoms with Gasteiger partial charge < -0.3 is 4.43 Å². The van der Waals surface area contributed by atoms with Crippen LogP contribution in [0.15, 0.2) is 0 Å². The molecule has 0 aliphatic carbocycles. The van der Waals surface area contributed by atoms with Crippen LogP contribution >= 0.6 is 11.6 Å². The first-order chi connectivity index (χ1) is 5.54. The molecular formula is C6H15ClO3Si2. The zero-order valence-electron chi connectivity index (χ0n) is 7.72. The van der Waals surface area contributed by atoms with Crippen molar-refractivity contribution < 1.29 is 13.3 Å². The maximum atomic E-state index is 8.40. The van der Waals surface area contributed by atoms with Gasteiger partial charge in [-0.1, -0.05) is 0 Å². The second-order valence-corrected chi connectivity index (χ2v) is 7.81. The molecule has 0 atom stereocenters. The lowest BCUT2D eigenvalue weighted by molar-refractivity contribution is 0.403. The summed E-state index contributed by atoms with van der Waals surface area (Å²) < 4.78 is 22.1. The van der Waals surface area contributed by atoms with Crippen LogP contribution in [0.2, 0.25) is 19.1 Å². The van der Waals surface area contributed by atoms with Crippen molar-refractivity contribution in [3.63, 3.8) is 0 Å². The highest BCUT2D eigenvalue weighted by atomic mass is 35.5. The van der Waals surface area contributed by atoms with Crippen LogP contribution in [0.1, 0.15) is 6.42 Å². The summed E-state index contributed by atoms with van der Waals surface area (Å²) in [6, 6.07) is 1.17. The normalized spacial score (nSPS) is 9.67. The number of hydrogen-bond acceptors (Lipinski definition) is 3. The molecule has 0 bridgehead atoms. The molecule has 0 saturated heterocycles. The fraction of sp³-hybridized carbons (Fsp3) is 1.00. The van der Waals surface area contributed by atoms with Crippen LogP contribution in [0, 0.1) is 0 Å². The van der Waals surface area contributed by atoms with Crippen LogP contribution in [0.5, 0.6) is 0 Å². The van der Waals surface area contributed by atoms with E-state index in [2.05, 4.69) is 13.1 Å². The topological polar surface area (TPSA) is 43.4 Å². The first-order valence-electron chi connectivity index (χ1n) is 3.64. The number of rotatable bonds is 4. The van der Waals surface area contributed by atoms with Gasteiger partial charge in [0.05, 0.1) is 0 Å². The van der Waals surface area contributed by atoms with Gasteiger partial charge in [0.15, 0.2) is 8.32 Å². The molecular weight excluding hydrogens is 212 g/mol. The first-order valence-corrected chi connectivity index (χ1v) is 8.11. The lowest BCUT2D eigenvalue weighted by Crippen LogP contribution is -2.28. The van der Waals surface area contributed by atoms with Gasteiger partial charge in [0.1, 0.15) is 0 Å². The van der Waals surface area contributed by atoms with Crippen molar-refractivity contribution in [2.45, 2.75) is 25.6 Å². The highest BCUT2D eigenvalue weighted by Crippen LogP contribution is 2.12. The van der Waals surface area contributed by atoms with Gasteiger partial charge in [-0.3, -0.25) is 8.92 Å². The van der Waals surface area contributed by atoms with E-state index >= 15 is 0 Å². The Morgan fingerprint density at radius 2 is 1.83 bits per heavy atom. The molecule has 0 aliphatic heterocycles. The minimum atomic E-state index is -1.42. The van der Waals surface area contributed by atoms with Crippen LogP contribution in [0.3, 0.4) is 0 Å². The third kappa shape index (κ3) is 12.9. The summed E-state index contributed by atoms with van der Waals surface area (Å²) in [5.74, 6) is 0.764. The smallest absolute Gasteiger partial charge is 0.420 e. The van der Waals surface area contributed by atoms with Crippen molar-refractivity contribution in [3.05, 3.63) is 0 Å². The molecule has 0 aromatic heterocycles. The molecule has 0 amide bonds. The van der Waals surface area contributed by atoms with Crippen molar-refractivity contribution in [3.8, 4) is 0 Å². The average Bonchev–Trinajstić information content (AvgIpc) is 2.03. The van der Waals surface area contributed by atoms with Crippen LogP contribution < -0.4 is 0 Å². The Bertz CT molecular complexity index is 135. The predicted molar refractivity (Wildman–Crippen MR) is 51.8 cm³/mol. The van der Waals surface area contributed by atoms with E-state index in [0.717, 1.165) is 12.3 Å². The highest BCUT2D eigenvalue weighted by molar-refractivity contribution is 6.71. The summed E-state index contributed by atoms with van der Waals surface area (Å²) in [6.45, 7) is 4.42. The van der Waals surface area contributed by atoms with E-state index in [0.29, 0.717) is 0 Å². The molecule has 0 N–H and O–H groups in total. The van der Waals surface area contributed by atoms with E-state index < -0.39 is 17.6 Å². The Balaban J connectivity index is 0. The van der Waals surface area contributed by atoms with Crippen molar-refractivity contribution >= 4 is 29.2 Å². The van der Waals surface area contributed by atoms with Gasteiger partial charge in [-0.05, 0) is 25.6 Å². The van der Waals surface area contributed by atoms with Crippen molar-refractivity contribution in [2.24, 2.45) is 0 Å². The minimum Gasteiger partial charge on any atom is -0.420 e. The summed E-state index contributed by atoms with van der Waals surface area (Å²) in [6.07, 6.45) is 1.09. The van der Waals surface area contributed by atoms with Crippen molar-refractivity contribution in [1.29, 1.82) is 0 Å². The first kappa shape index (κ1) is 14.8. The lowest BCUT2D eigenvalue weighted by atomic mass is 10.6. The molecule has 72 valence electrons. The molecule has 0 aromatic rings. The number of halogens is 1. The van der Waals surface area contributed by atoms with Crippen LogP contribution in [0.25, 0.3) is 0 Å². The highest BCUT2D eigenvalue weighted by Gasteiger charge is 2.18. The van der Waals surface area contributed by atoms with Crippen LogP contribution in [0.4, 0.5) is 0 Å². The summed E-state index contributed by atoms with van der Waals surface area (Å²) in [7, 11) is -0.907. The monoisotopic (exact) mass is 226 g/mol. The van der Waals surface area contributed by atoms with Gasteiger partial charge in [0, 0.05) is 13.0 Å². The molecule has 0 saturated carbocycles. The SMILES string of the molecule is CO[Si](C)(C)CCCCl.O=[Si]=O. The Morgan fingerprint density at radius 3 is 2.08 bits per heavy atom. The molecule has 12 heavy (non-hydrogen) atoms. The maximum absolute atomic E-state index is 8.40. The largest absolute Gasteiger partial charge is 0.549 e. The molecule has 0 heterocycles. The van der Waals surface area contributed by atoms with E-state index in [1.807, 2.05) is 0 Å². The van der Waals surface area contributed by atoms with Gasteiger partial charge in [-0.2, -0.15) is 0 Å². The maximum Gasteiger partial charge on any atom is 0.549 e. The Morgan fingerprint density at radius 1 is 1.42 bits per heavy atom. The second-order valence-electron chi connectivity index (χ2n) is 2.84. The average molecular weight is 227 g/mol. The van der Waals surface area contributed by atoms with E-state index in [1.54, 1.807) is 7.11 Å². The zero-order valence-corrected chi connectivity index (χ0v) is 10.5.